The minimum Gasteiger partial charge on any atom is -0.480 e. The Balaban J connectivity index is 2.30. The Morgan fingerprint density at radius 1 is 1.50 bits per heavy atom. The fraction of sp³-hybridized carbons (Fsp3) is 0.364. The zero-order valence-electron chi connectivity index (χ0n) is 7.81. The molecule has 3 nitrogen and oxygen atoms in total. The van der Waals surface area contributed by atoms with E-state index in [-0.39, 0.29) is 5.92 Å². The summed E-state index contributed by atoms with van der Waals surface area (Å²) in [5.41, 5.74) is 8.00. The van der Waals surface area contributed by atoms with Gasteiger partial charge in [-0.25, -0.2) is 0 Å². The van der Waals surface area contributed by atoms with Crippen LogP contribution >= 0.6 is 0 Å². The number of aliphatic carboxylic acids is 1. The molecule has 2 atom stereocenters. The first-order valence-electron chi connectivity index (χ1n) is 4.76. The molecule has 0 amide bonds. The van der Waals surface area contributed by atoms with Crippen molar-refractivity contribution >= 4 is 5.97 Å². The molecule has 0 saturated carbocycles. The number of nitrogens with two attached hydrogens (primary N) is 1. The van der Waals surface area contributed by atoms with Crippen molar-refractivity contribution in [3.63, 3.8) is 0 Å². The van der Waals surface area contributed by atoms with Gasteiger partial charge in [-0.15, -0.1) is 0 Å². The van der Waals surface area contributed by atoms with Gasteiger partial charge in [-0.05, 0) is 24.0 Å². The monoisotopic (exact) mass is 191 g/mol. The number of carboxylic acid groups (broad SMARTS) is 1. The van der Waals surface area contributed by atoms with Gasteiger partial charge in [0.15, 0.2) is 0 Å². The van der Waals surface area contributed by atoms with E-state index in [0.29, 0.717) is 0 Å². The SMILES string of the molecule is NC(C(=O)O)C1CCc2ccccc21. The van der Waals surface area contributed by atoms with Crippen LogP contribution in [0.3, 0.4) is 0 Å². The maximum atomic E-state index is 10.8. The Morgan fingerprint density at radius 3 is 2.93 bits per heavy atom. The molecule has 1 aromatic carbocycles. The lowest BCUT2D eigenvalue weighted by Gasteiger charge is -2.15. The van der Waals surface area contributed by atoms with E-state index in [4.69, 9.17) is 10.8 Å². The van der Waals surface area contributed by atoms with Crippen molar-refractivity contribution in [3.8, 4) is 0 Å². The molecule has 0 aromatic heterocycles. The summed E-state index contributed by atoms with van der Waals surface area (Å²) < 4.78 is 0. The Kier molecular flexibility index (Phi) is 2.25. The summed E-state index contributed by atoms with van der Waals surface area (Å²) >= 11 is 0. The standard InChI is InChI=1S/C11H13NO2/c12-10(11(13)14)9-6-5-7-3-1-2-4-8(7)9/h1-4,9-10H,5-6,12H2,(H,13,14). The lowest BCUT2D eigenvalue weighted by molar-refractivity contribution is -0.139. The number of benzene rings is 1. The van der Waals surface area contributed by atoms with Gasteiger partial charge in [0.1, 0.15) is 6.04 Å². The molecule has 0 fully saturated rings. The zero-order valence-corrected chi connectivity index (χ0v) is 7.81. The molecular formula is C11H13NO2. The summed E-state index contributed by atoms with van der Waals surface area (Å²) in [7, 11) is 0. The molecule has 0 saturated heterocycles. The van der Waals surface area contributed by atoms with E-state index >= 15 is 0 Å². The van der Waals surface area contributed by atoms with Crippen molar-refractivity contribution in [3.05, 3.63) is 35.4 Å². The normalized spacial score (nSPS) is 21.6. The van der Waals surface area contributed by atoms with Crippen LogP contribution < -0.4 is 5.73 Å². The third kappa shape index (κ3) is 1.40. The van der Waals surface area contributed by atoms with E-state index in [1.165, 1.54) is 5.56 Å². The van der Waals surface area contributed by atoms with Crippen LogP contribution in [0.15, 0.2) is 24.3 Å². The minimum absolute atomic E-state index is 0.0105. The number of fused-ring (bicyclic) bond motifs is 1. The maximum Gasteiger partial charge on any atom is 0.321 e. The smallest absolute Gasteiger partial charge is 0.321 e. The molecule has 2 rings (SSSR count). The second-order valence-corrected chi connectivity index (χ2v) is 3.71. The Hall–Kier alpha value is -1.35. The average molecular weight is 191 g/mol. The Bertz CT molecular complexity index is 362. The highest BCUT2D eigenvalue weighted by Crippen LogP contribution is 2.34. The number of carbonyl (C=O) groups is 1. The summed E-state index contributed by atoms with van der Waals surface area (Å²) in [6.07, 6.45) is 1.80. The summed E-state index contributed by atoms with van der Waals surface area (Å²) in [5, 5.41) is 8.84. The van der Waals surface area contributed by atoms with Gasteiger partial charge < -0.3 is 10.8 Å². The van der Waals surface area contributed by atoms with Crippen LogP contribution in [0.2, 0.25) is 0 Å². The summed E-state index contributed by atoms with van der Waals surface area (Å²) in [6, 6.07) is 7.18. The molecular weight excluding hydrogens is 178 g/mol. The van der Waals surface area contributed by atoms with Gasteiger partial charge in [0.2, 0.25) is 0 Å². The predicted octanol–water partition coefficient (Wildman–Crippen LogP) is 1.13. The largest absolute Gasteiger partial charge is 0.480 e. The molecule has 0 bridgehead atoms. The van der Waals surface area contributed by atoms with E-state index in [9.17, 15) is 4.79 Å². The lowest BCUT2D eigenvalue weighted by Crippen LogP contribution is -2.35. The highest BCUT2D eigenvalue weighted by Gasteiger charge is 2.31. The van der Waals surface area contributed by atoms with Gasteiger partial charge in [0, 0.05) is 5.92 Å². The summed E-state index contributed by atoms with van der Waals surface area (Å²) in [5.74, 6) is -0.921. The topological polar surface area (TPSA) is 63.3 Å². The maximum absolute atomic E-state index is 10.8. The van der Waals surface area contributed by atoms with Crippen molar-refractivity contribution in [1.29, 1.82) is 0 Å². The molecule has 74 valence electrons. The molecule has 1 aliphatic rings. The number of carboxylic acids is 1. The predicted molar refractivity (Wildman–Crippen MR) is 53.1 cm³/mol. The number of hydrogen-bond donors (Lipinski definition) is 2. The number of aryl methyl sites for hydroxylation is 1. The van der Waals surface area contributed by atoms with Gasteiger partial charge in [-0.2, -0.15) is 0 Å². The number of rotatable bonds is 2. The zero-order chi connectivity index (χ0) is 10.1. The molecule has 14 heavy (non-hydrogen) atoms. The van der Waals surface area contributed by atoms with E-state index in [1.54, 1.807) is 0 Å². The third-order valence-electron chi connectivity index (χ3n) is 2.90. The van der Waals surface area contributed by atoms with E-state index in [1.807, 2.05) is 24.3 Å². The summed E-state index contributed by atoms with van der Waals surface area (Å²) in [6.45, 7) is 0. The lowest BCUT2D eigenvalue weighted by atomic mass is 9.94. The second-order valence-electron chi connectivity index (χ2n) is 3.71. The van der Waals surface area contributed by atoms with Crippen LogP contribution in [0, 0.1) is 0 Å². The third-order valence-corrected chi connectivity index (χ3v) is 2.90. The molecule has 2 unspecified atom stereocenters. The van der Waals surface area contributed by atoms with Crippen LogP contribution in [0.4, 0.5) is 0 Å². The quantitative estimate of drug-likeness (QED) is 0.736. The van der Waals surface area contributed by atoms with Crippen molar-refractivity contribution < 1.29 is 9.90 Å². The van der Waals surface area contributed by atoms with Crippen LogP contribution in [0.1, 0.15) is 23.5 Å². The van der Waals surface area contributed by atoms with Crippen molar-refractivity contribution in [1.82, 2.24) is 0 Å². The van der Waals surface area contributed by atoms with Gasteiger partial charge in [-0.1, -0.05) is 24.3 Å². The van der Waals surface area contributed by atoms with Crippen molar-refractivity contribution in [2.45, 2.75) is 24.8 Å². The number of hydrogen-bond acceptors (Lipinski definition) is 2. The molecule has 0 spiro atoms. The van der Waals surface area contributed by atoms with Crippen LogP contribution in [-0.2, 0) is 11.2 Å². The van der Waals surface area contributed by atoms with Crippen LogP contribution in [0.25, 0.3) is 0 Å². The van der Waals surface area contributed by atoms with Crippen LogP contribution in [0.5, 0.6) is 0 Å². The highest BCUT2D eigenvalue weighted by atomic mass is 16.4. The molecule has 0 radical (unpaired) electrons. The first-order valence-corrected chi connectivity index (χ1v) is 4.76. The van der Waals surface area contributed by atoms with Gasteiger partial charge >= 0.3 is 5.97 Å². The van der Waals surface area contributed by atoms with Gasteiger partial charge in [0.25, 0.3) is 0 Å². The Labute approximate surface area is 82.5 Å². The molecule has 0 aliphatic heterocycles. The van der Waals surface area contributed by atoms with E-state index in [0.717, 1.165) is 18.4 Å². The molecule has 3 N–H and O–H groups in total. The van der Waals surface area contributed by atoms with E-state index in [2.05, 4.69) is 0 Å². The van der Waals surface area contributed by atoms with Crippen LogP contribution in [-0.4, -0.2) is 17.1 Å². The minimum atomic E-state index is -0.910. The molecule has 0 heterocycles. The fourth-order valence-electron chi connectivity index (χ4n) is 2.14. The van der Waals surface area contributed by atoms with Crippen molar-refractivity contribution in [2.24, 2.45) is 5.73 Å². The first kappa shape index (κ1) is 9.21. The summed E-state index contributed by atoms with van der Waals surface area (Å²) in [4.78, 5) is 10.8. The van der Waals surface area contributed by atoms with Crippen molar-refractivity contribution in [2.75, 3.05) is 0 Å². The first-order chi connectivity index (χ1) is 6.70. The molecule has 1 aromatic rings. The fourth-order valence-corrected chi connectivity index (χ4v) is 2.14. The molecule has 3 heteroatoms. The molecule has 1 aliphatic carbocycles. The second kappa shape index (κ2) is 3.42. The average Bonchev–Trinajstić information content (AvgIpc) is 2.60. The van der Waals surface area contributed by atoms with E-state index < -0.39 is 12.0 Å². The van der Waals surface area contributed by atoms with Gasteiger partial charge in [-0.3, -0.25) is 4.79 Å². The highest BCUT2D eigenvalue weighted by molar-refractivity contribution is 5.75. The Morgan fingerprint density at radius 2 is 2.21 bits per heavy atom. The van der Waals surface area contributed by atoms with Gasteiger partial charge in [0.05, 0.1) is 0 Å².